The summed E-state index contributed by atoms with van der Waals surface area (Å²) < 4.78 is 5.55. The molecule has 1 aliphatic rings. The largest absolute Gasteiger partial charge is 0.484 e. The van der Waals surface area contributed by atoms with Gasteiger partial charge in [-0.2, -0.15) is 4.98 Å². The van der Waals surface area contributed by atoms with E-state index in [-0.39, 0.29) is 30.4 Å². The molecule has 8 nitrogen and oxygen atoms in total. The highest BCUT2D eigenvalue weighted by atomic mass is 16.5. The van der Waals surface area contributed by atoms with Crippen molar-refractivity contribution in [1.29, 1.82) is 0 Å². The summed E-state index contributed by atoms with van der Waals surface area (Å²) in [5.74, 6) is 1.96. The Labute approximate surface area is 199 Å². The van der Waals surface area contributed by atoms with Crippen LogP contribution < -0.4 is 20.3 Å². The van der Waals surface area contributed by atoms with Crippen LogP contribution in [0.5, 0.6) is 5.75 Å². The summed E-state index contributed by atoms with van der Waals surface area (Å²) in [5.41, 5.74) is 1.54. The van der Waals surface area contributed by atoms with Crippen molar-refractivity contribution < 1.29 is 14.3 Å². The van der Waals surface area contributed by atoms with Crippen LogP contribution in [0.1, 0.15) is 43.0 Å². The molecule has 178 valence electrons. The maximum Gasteiger partial charge on any atom is 0.258 e. The van der Waals surface area contributed by atoms with Crippen molar-refractivity contribution in [2.45, 2.75) is 44.7 Å². The van der Waals surface area contributed by atoms with Gasteiger partial charge in [0, 0.05) is 37.1 Å². The van der Waals surface area contributed by atoms with Crippen LogP contribution >= 0.6 is 0 Å². The van der Waals surface area contributed by atoms with Crippen molar-refractivity contribution in [3.63, 3.8) is 0 Å². The zero-order valence-electron chi connectivity index (χ0n) is 19.9. The number of hydrogen-bond acceptors (Lipinski definition) is 7. The van der Waals surface area contributed by atoms with E-state index < -0.39 is 0 Å². The number of nitrogens with one attached hydrogen (secondary N) is 2. The predicted octanol–water partition coefficient (Wildman–Crippen LogP) is 3.82. The van der Waals surface area contributed by atoms with Crippen LogP contribution in [0.4, 0.5) is 11.8 Å². The summed E-state index contributed by atoms with van der Waals surface area (Å²) >= 11 is 0. The maximum atomic E-state index is 12.3. The van der Waals surface area contributed by atoms with Gasteiger partial charge in [0.05, 0.1) is 5.52 Å². The highest BCUT2D eigenvalue weighted by Gasteiger charge is 2.23. The fraction of sp³-hybridized carbons (Fsp3) is 0.385. The van der Waals surface area contributed by atoms with Gasteiger partial charge in [-0.05, 0) is 69.0 Å². The van der Waals surface area contributed by atoms with Crippen LogP contribution in [0.25, 0.3) is 10.9 Å². The number of benzene rings is 2. The summed E-state index contributed by atoms with van der Waals surface area (Å²) in [6, 6.07) is 15.2. The molecule has 8 heteroatoms. The maximum absolute atomic E-state index is 12.3. The number of Topliss-reactive ketones (excluding diaryl/α,β-unsaturated/α-hetero) is 1. The monoisotopic (exact) mass is 461 g/mol. The number of carbonyl (C=O) groups is 2. The zero-order chi connectivity index (χ0) is 24.1. The predicted molar refractivity (Wildman–Crippen MR) is 134 cm³/mol. The summed E-state index contributed by atoms with van der Waals surface area (Å²) in [7, 11) is 3.97. The van der Waals surface area contributed by atoms with Crippen molar-refractivity contribution in [3.05, 3.63) is 54.1 Å². The van der Waals surface area contributed by atoms with E-state index in [9.17, 15) is 9.59 Å². The van der Waals surface area contributed by atoms with Gasteiger partial charge in [0.1, 0.15) is 11.6 Å². The molecular weight excluding hydrogens is 430 g/mol. The van der Waals surface area contributed by atoms with E-state index in [1.54, 1.807) is 24.3 Å². The number of aromatic nitrogens is 2. The van der Waals surface area contributed by atoms with E-state index in [2.05, 4.69) is 10.6 Å². The van der Waals surface area contributed by atoms with Crippen molar-refractivity contribution in [2.75, 3.05) is 30.9 Å². The van der Waals surface area contributed by atoms with Gasteiger partial charge in [-0.15, -0.1) is 0 Å². The fourth-order valence-corrected chi connectivity index (χ4v) is 4.23. The highest BCUT2D eigenvalue weighted by molar-refractivity contribution is 5.94. The minimum atomic E-state index is -0.138. The molecule has 2 N–H and O–H groups in total. The molecule has 1 aromatic heterocycles. The first-order valence-corrected chi connectivity index (χ1v) is 11.6. The molecule has 0 bridgehead atoms. The fourth-order valence-electron chi connectivity index (χ4n) is 4.23. The lowest BCUT2D eigenvalue weighted by Crippen LogP contribution is -2.42. The zero-order valence-corrected chi connectivity index (χ0v) is 19.9. The Kier molecular flexibility index (Phi) is 7.25. The standard InChI is InChI=1S/C26H31N5O3/c1-17(32)18-8-14-21(15-9-18)34-16-24(33)27-19-10-12-20(13-11-19)28-26-29-23-7-5-4-6-22(23)25(30-26)31(2)3/h4-9,14-15,19-20H,10-13,16H2,1-3H3,(H,27,33)(H,28,29,30). The van der Waals surface area contributed by atoms with Crippen molar-refractivity contribution in [2.24, 2.45) is 0 Å². The second-order valence-corrected chi connectivity index (χ2v) is 8.91. The molecule has 3 aromatic rings. The average molecular weight is 462 g/mol. The second-order valence-electron chi connectivity index (χ2n) is 8.91. The number of rotatable bonds is 8. The third-order valence-electron chi connectivity index (χ3n) is 6.06. The van der Waals surface area contributed by atoms with Crippen molar-refractivity contribution in [3.8, 4) is 5.75 Å². The minimum absolute atomic E-state index is 0.000274. The topological polar surface area (TPSA) is 96.5 Å². The molecule has 2 aromatic carbocycles. The average Bonchev–Trinajstić information content (AvgIpc) is 2.83. The van der Waals surface area contributed by atoms with Gasteiger partial charge < -0.3 is 20.3 Å². The molecule has 0 saturated heterocycles. The van der Waals surface area contributed by atoms with E-state index in [0.717, 1.165) is 42.4 Å². The molecule has 0 radical (unpaired) electrons. The van der Waals surface area contributed by atoms with Gasteiger partial charge in [-0.1, -0.05) is 12.1 Å². The van der Waals surface area contributed by atoms with Crippen LogP contribution in [-0.2, 0) is 4.79 Å². The smallest absolute Gasteiger partial charge is 0.258 e. The lowest BCUT2D eigenvalue weighted by molar-refractivity contribution is -0.124. The van der Waals surface area contributed by atoms with Gasteiger partial charge in [0.25, 0.3) is 5.91 Å². The van der Waals surface area contributed by atoms with Crippen LogP contribution in [-0.4, -0.2) is 54.4 Å². The Morgan fingerprint density at radius 2 is 1.65 bits per heavy atom. The molecular formula is C26H31N5O3. The van der Waals surface area contributed by atoms with E-state index in [1.165, 1.54) is 6.92 Å². The summed E-state index contributed by atoms with van der Waals surface area (Å²) in [5, 5.41) is 7.59. The molecule has 1 heterocycles. The molecule has 1 amide bonds. The molecule has 0 unspecified atom stereocenters. The van der Waals surface area contributed by atoms with Crippen LogP contribution in [0.2, 0.25) is 0 Å². The van der Waals surface area contributed by atoms with Gasteiger partial charge >= 0.3 is 0 Å². The van der Waals surface area contributed by atoms with Gasteiger partial charge in [-0.25, -0.2) is 4.98 Å². The van der Waals surface area contributed by atoms with Gasteiger partial charge in [0.2, 0.25) is 5.95 Å². The Morgan fingerprint density at radius 3 is 2.32 bits per heavy atom. The molecule has 34 heavy (non-hydrogen) atoms. The first kappa shape index (κ1) is 23.5. The third kappa shape index (κ3) is 5.81. The van der Waals surface area contributed by atoms with Crippen LogP contribution in [0.3, 0.4) is 0 Å². The normalized spacial score (nSPS) is 17.7. The Balaban J connectivity index is 1.26. The number of para-hydroxylation sites is 1. The molecule has 0 atom stereocenters. The van der Waals surface area contributed by atoms with E-state index in [4.69, 9.17) is 14.7 Å². The number of ether oxygens (including phenoxy) is 1. The lowest BCUT2D eigenvalue weighted by Gasteiger charge is -2.30. The number of nitrogens with zero attached hydrogens (tertiary/aromatic N) is 3. The van der Waals surface area contributed by atoms with Crippen molar-refractivity contribution in [1.82, 2.24) is 15.3 Å². The SMILES string of the molecule is CC(=O)c1ccc(OCC(=O)NC2CCC(Nc3nc(N(C)C)c4ccccc4n3)CC2)cc1. The molecule has 1 fully saturated rings. The first-order valence-electron chi connectivity index (χ1n) is 11.6. The number of anilines is 2. The number of hydrogen-bond donors (Lipinski definition) is 2. The first-order chi connectivity index (χ1) is 16.4. The van der Waals surface area contributed by atoms with Crippen molar-refractivity contribution >= 4 is 34.4 Å². The second kappa shape index (κ2) is 10.5. The Hall–Kier alpha value is -3.68. The minimum Gasteiger partial charge on any atom is -0.484 e. The quantitative estimate of drug-likeness (QED) is 0.492. The number of fused-ring (bicyclic) bond motifs is 1. The summed E-state index contributed by atoms with van der Waals surface area (Å²) in [6.07, 6.45) is 3.60. The van der Waals surface area contributed by atoms with Crippen LogP contribution in [0.15, 0.2) is 48.5 Å². The van der Waals surface area contributed by atoms with E-state index in [0.29, 0.717) is 17.3 Å². The van der Waals surface area contributed by atoms with Crippen LogP contribution in [0, 0.1) is 0 Å². The van der Waals surface area contributed by atoms with Gasteiger partial charge in [-0.3, -0.25) is 9.59 Å². The Morgan fingerprint density at radius 1 is 0.971 bits per heavy atom. The Bertz CT molecular complexity index is 1150. The number of carbonyl (C=O) groups excluding carboxylic acids is 2. The van der Waals surface area contributed by atoms with E-state index in [1.807, 2.05) is 43.3 Å². The number of amides is 1. The molecule has 0 aliphatic heterocycles. The van der Waals surface area contributed by atoms with Gasteiger partial charge in [0.15, 0.2) is 12.4 Å². The van der Waals surface area contributed by atoms with E-state index >= 15 is 0 Å². The summed E-state index contributed by atoms with van der Waals surface area (Å²) in [4.78, 5) is 35.1. The third-order valence-corrected chi connectivity index (χ3v) is 6.06. The molecule has 4 rings (SSSR count). The molecule has 1 aliphatic carbocycles. The molecule has 0 spiro atoms. The molecule has 1 saturated carbocycles. The summed E-state index contributed by atoms with van der Waals surface area (Å²) in [6.45, 7) is 1.47. The highest BCUT2D eigenvalue weighted by Crippen LogP contribution is 2.26. The lowest BCUT2D eigenvalue weighted by atomic mass is 9.91. The number of ketones is 1.